The molecule has 3 aromatic rings. The predicted octanol–water partition coefficient (Wildman–Crippen LogP) is 3.26. The van der Waals surface area contributed by atoms with Crippen LogP contribution in [0.4, 0.5) is 4.79 Å². The second kappa shape index (κ2) is 6.31. The third-order valence-corrected chi connectivity index (χ3v) is 3.20. The van der Waals surface area contributed by atoms with Crippen LogP contribution >= 0.6 is 0 Å². The van der Waals surface area contributed by atoms with Gasteiger partial charge in [-0.15, -0.1) is 0 Å². The minimum atomic E-state index is -0.616. The van der Waals surface area contributed by atoms with Crippen LogP contribution in [0.3, 0.4) is 0 Å². The van der Waals surface area contributed by atoms with Crippen molar-refractivity contribution in [1.82, 2.24) is 9.78 Å². The minimum Gasteiger partial charge on any atom is -0.462 e. The normalized spacial score (nSPS) is 10.5. The standard InChI is InChI=1S/C17H14N2O4/c1-2-22-16(20)12-8-9-15-13(10-12)11-18-19(15)17(21)23-14-6-4-3-5-7-14/h3-11H,2H2,1H3. The highest BCUT2D eigenvalue weighted by atomic mass is 16.6. The Morgan fingerprint density at radius 1 is 1.13 bits per heavy atom. The van der Waals surface area contributed by atoms with Crippen LogP contribution in [0.1, 0.15) is 17.3 Å². The van der Waals surface area contributed by atoms with Crippen LogP contribution in [0.2, 0.25) is 0 Å². The zero-order valence-corrected chi connectivity index (χ0v) is 12.4. The summed E-state index contributed by atoms with van der Waals surface area (Å²) in [6.07, 6.45) is 0.889. The summed E-state index contributed by atoms with van der Waals surface area (Å²) in [5, 5.41) is 4.68. The van der Waals surface area contributed by atoms with Gasteiger partial charge in [0.1, 0.15) is 5.75 Å². The molecule has 0 bridgehead atoms. The fourth-order valence-corrected chi connectivity index (χ4v) is 2.15. The molecule has 1 aromatic heterocycles. The van der Waals surface area contributed by atoms with E-state index in [0.29, 0.717) is 28.8 Å². The molecule has 116 valence electrons. The van der Waals surface area contributed by atoms with E-state index in [0.717, 1.165) is 4.68 Å². The monoisotopic (exact) mass is 310 g/mol. The first-order valence-corrected chi connectivity index (χ1v) is 7.11. The van der Waals surface area contributed by atoms with Gasteiger partial charge in [0.15, 0.2) is 0 Å². The van der Waals surface area contributed by atoms with Crippen LogP contribution in [0.15, 0.2) is 54.7 Å². The number of esters is 1. The van der Waals surface area contributed by atoms with E-state index in [4.69, 9.17) is 9.47 Å². The van der Waals surface area contributed by atoms with E-state index >= 15 is 0 Å². The lowest BCUT2D eigenvalue weighted by Gasteiger charge is -2.05. The molecular formula is C17H14N2O4. The quantitative estimate of drug-likeness (QED) is 0.694. The minimum absolute atomic E-state index is 0.305. The Morgan fingerprint density at radius 3 is 2.65 bits per heavy atom. The summed E-state index contributed by atoms with van der Waals surface area (Å²) in [5.41, 5.74) is 0.967. The van der Waals surface area contributed by atoms with Crippen LogP contribution in [-0.2, 0) is 4.74 Å². The molecule has 0 saturated heterocycles. The maximum Gasteiger partial charge on any atom is 0.440 e. The topological polar surface area (TPSA) is 70.4 Å². The molecule has 1 heterocycles. The van der Waals surface area contributed by atoms with Crippen molar-refractivity contribution >= 4 is 23.0 Å². The summed E-state index contributed by atoms with van der Waals surface area (Å²) in [5.74, 6) is 0.0262. The number of carbonyl (C=O) groups excluding carboxylic acids is 2. The van der Waals surface area contributed by atoms with Crippen molar-refractivity contribution in [3.8, 4) is 5.75 Å². The van der Waals surface area contributed by atoms with E-state index < -0.39 is 12.1 Å². The van der Waals surface area contributed by atoms with Crippen LogP contribution in [-0.4, -0.2) is 28.4 Å². The van der Waals surface area contributed by atoms with Crippen molar-refractivity contribution in [2.75, 3.05) is 6.61 Å². The zero-order valence-electron chi connectivity index (χ0n) is 12.4. The molecule has 0 saturated carbocycles. The number of nitrogens with zero attached hydrogens (tertiary/aromatic N) is 2. The molecule has 0 atom stereocenters. The van der Waals surface area contributed by atoms with Gasteiger partial charge in [-0.1, -0.05) is 18.2 Å². The van der Waals surface area contributed by atoms with Gasteiger partial charge in [-0.05, 0) is 37.3 Å². The number of para-hydroxylation sites is 1. The van der Waals surface area contributed by atoms with Gasteiger partial charge in [-0.25, -0.2) is 9.59 Å². The van der Waals surface area contributed by atoms with Gasteiger partial charge in [0.2, 0.25) is 0 Å². The average molecular weight is 310 g/mol. The third kappa shape index (κ3) is 3.06. The van der Waals surface area contributed by atoms with E-state index in [2.05, 4.69) is 5.10 Å². The molecule has 0 aliphatic heterocycles. The van der Waals surface area contributed by atoms with Gasteiger partial charge in [0.05, 0.1) is 23.9 Å². The lowest BCUT2D eigenvalue weighted by atomic mass is 10.1. The summed E-state index contributed by atoms with van der Waals surface area (Å²) in [4.78, 5) is 23.9. The predicted molar refractivity (Wildman–Crippen MR) is 83.6 cm³/mol. The Morgan fingerprint density at radius 2 is 1.91 bits per heavy atom. The van der Waals surface area contributed by atoms with Gasteiger partial charge in [-0.2, -0.15) is 9.78 Å². The van der Waals surface area contributed by atoms with Gasteiger partial charge in [0.25, 0.3) is 0 Å². The summed E-state index contributed by atoms with van der Waals surface area (Å²) in [7, 11) is 0. The van der Waals surface area contributed by atoms with Crippen molar-refractivity contribution in [3.63, 3.8) is 0 Å². The Hall–Kier alpha value is -3.15. The molecule has 0 unspecified atom stereocenters. The molecule has 0 fully saturated rings. The smallest absolute Gasteiger partial charge is 0.440 e. The highest BCUT2D eigenvalue weighted by molar-refractivity contribution is 5.96. The second-order valence-corrected chi connectivity index (χ2v) is 4.73. The first-order chi connectivity index (χ1) is 11.2. The summed E-state index contributed by atoms with van der Waals surface area (Å²) in [6, 6.07) is 13.6. The van der Waals surface area contributed by atoms with Gasteiger partial charge >= 0.3 is 12.1 Å². The number of ether oxygens (including phenoxy) is 2. The number of hydrogen-bond acceptors (Lipinski definition) is 5. The Kier molecular flexibility index (Phi) is 4.05. The first kappa shape index (κ1) is 14.8. The third-order valence-electron chi connectivity index (χ3n) is 3.20. The number of benzene rings is 2. The number of fused-ring (bicyclic) bond motifs is 1. The van der Waals surface area contributed by atoms with E-state index in [1.807, 2.05) is 6.07 Å². The van der Waals surface area contributed by atoms with Crippen LogP contribution in [0, 0.1) is 0 Å². The Bertz CT molecular complexity index is 855. The number of aromatic nitrogens is 2. The fourth-order valence-electron chi connectivity index (χ4n) is 2.15. The van der Waals surface area contributed by atoms with Crippen LogP contribution < -0.4 is 4.74 Å². The summed E-state index contributed by atoms with van der Waals surface area (Å²) < 4.78 is 11.4. The molecule has 0 aliphatic rings. The van der Waals surface area contributed by atoms with Crippen molar-refractivity contribution in [2.45, 2.75) is 6.92 Å². The van der Waals surface area contributed by atoms with Crippen molar-refractivity contribution < 1.29 is 19.1 Å². The average Bonchev–Trinajstić information content (AvgIpc) is 2.99. The molecule has 6 nitrogen and oxygen atoms in total. The van der Waals surface area contributed by atoms with Crippen LogP contribution in [0.25, 0.3) is 10.9 Å². The SMILES string of the molecule is CCOC(=O)c1ccc2c(cnn2C(=O)Oc2ccccc2)c1. The van der Waals surface area contributed by atoms with Crippen molar-refractivity contribution in [2.24, 2.45) is 0 Å². The van der Waals surface area contributed by atoms with Crippen molar-refractivity contribution in [1.29, 1.82) is 0 Å². The molecule has 2 aromatic carbocycles. The lowest BCUT2D eigenvalue weighted by molar-refractivity contribution is 0.0526. The molecule has 6 heteroatoms. The Balaban J connectivity index is 1.88. The molecular weight excluding hydrogens is 296 g/mol. The first-order valence-electron chi connectivity index (χ1n) is 7.11. The molecule has 0 aliphatic carbocycles. The maximum absolute atomic E-state index is 12.2. The van der Waals surface area contributed by atoms with Gasteiger partial charge in [0, 0.05) is 5.39 Å². The number of hydrogen-bond donors (Lipinski definition) is 0. The number of rotatable bonds is 3. The fraction of sp³-hybridized carbons (Fsp3) is 0.118. The largest absolute Gasteiger partial charge is 0.462 e. The zero-order chi connectivity index (χ0) is 16.2. The van der Waals surface area contributed by atoms with Crippen molar-refractivity contribution in [3.05, 3.63) is 60.3 Å². The highest BCUT2D eigenvalue weighted by Gasteiger charge is 2.15. The second-order valence-electron chi connectivity index (χ2n) is 4.73. The van der Waals surface area contributed by atoms with Crippen LogP contribution in [0.5, 0.6) is 5.75 Å². The van der Waals surface area contributed by atoms with Gasteiger partial charge in [-0.3, -0.25) is 0 Å². The molecule has 0 N–H and O–H groups in total. The summed E-state index contributed by atoms with van der Waals surface area (Å²) in [6.45, 7) is 2.05. The van der Waals surface area contributed by atoms with E-state index in [1.165, 1.54) is 6.20 Å². The lowest BCUT2D eigenvalue weighted by Crippen LogP contribution is -2.17. The molecule has 0 amide bonds. The molecule has 23 heavy (non-hydrogen) atoms. The number of carbonyl (C=O) groups is 2. The van der Waals surface area contributed by atoms with E-state index in [9.17, 15) is 9.59 Å². The molecule has 3 rings (SSSR count). The van der Waals surface area contributed by atoms with E-state index in [1.54, 1.807) is 49.4 Å². The van der Waals surface area contributed by atoms with Gasteiger partial charge < -0.3 is 9.47 Å². The van der Waals surface area contributed by atoms with E-state index in [-0.39, 0.29) is 0 Å². The molecule has 0 spiro atoms. The highest BCUT2D eigenvalue weighted by Crippen LogP contribution is 2.18. The molecule has 0 radical (unpaired) electrons. The maximum atomic E-state index is 12.2. The summed E-state index contributed by atoms with van der Waals surface area (Å²) >= 11 is 0. The Labute approximate surface area is 132 Å².